The van der Waals surface area contributed by atoms with Crippen LogP contribution in [-0.2, 0) is 10.5 Å². The van der Waals surface area contributed by atoms with Crippen molar-refractivity contribution >= 4 is 23.4 Å². The van der Waals surface area contributed by atoms with Crippen molar-refractivity contribution in [1.82, 2.24) is 4.98 Å². The van der Waals surface area contributed by atoms with Crippen molar-refractivity contribution < 1.29 is 9.53 Å². The first-order valence-corrected chi connectivity index (χ1v) is 8.34. The minimum atomic E-state index is -0.0290. The molecule has 0 bridgehead atoms. The summed E-state index contributed by atoms with van der Waals surface area (Å²) in [7, 11) is 0. The van der Waals surface area contributed by atoms with Gasteiger partial charge in [0.25, 0.3) is 0 Å². The van der Waals surface area contributed by atoms with Crippen molar-refractivity contribution in [3.05, 3.63) is 53.9 Å². The Morgan fingerprint density at radius 3 is 2.95 bits per heavy atom. The van der Waals surface area contributed by atoms with Gasteiger partial charge < -0.3 is 10.1 Å². The van der Waals surface area contributed by atoms with Crippen LogP contribution < -0.4 is 10.1 Å². The number of hydrogen-bond acceptors (Lipinski definition) is 4. The Morgan fingerprint density at radius 2 is 2.23 bits per heavy atom. The van der Waals surface area contributed by atoms with Crippen LogP contribution in [0.4, 0.5) is 5.69 Å². The van der Waals surface area contributed by atoms with E-state index in [1.165, 1.54) is 0 Å². The lowest BCUT2D eigenvalue weighted by atomic mass is 10.2. The third-order valence-electron chi connectivity index (χ3n) is 2.94. The van der Waals surface area contributed by atoms with Gasteiger partial charge in [-0.3, -0.25) is 9.78 Å². The van der Waals surface area contributed by atoms with Gasteiger partial charge in [-0.1, -0.05) is 12.1 Å². The number of rotatable bonds is 7. The predicted molar refractivity (Wildman–Crippen MR) is 91.4 cm³/mol. The van der Waals surface area contributed by atoms with Gasteiger partial charge >= 0.3 is 0 Å². The van der Waals surface area contributed by atoms with Gasteiger partial charge in [-0.2, -0.15) is 0 Å². The molecule has 0 radical (unpaired) electrons. The summed E-state index contributed by atoms with van der Waals surface area (Å²) in [5.74, 6) is 1.86. The molecular weight excluding hydrogens is 296 g/mol. The number of thioether (sulfide) groups is 1. The maximum atomic E-state index is 12.0. The number of amides is 1. The molecule has 2 aromatic rings. The molecule has 0 aliphatic heterocycles. The molecule has 116 valence electrons. The molecule has 1 amide bonds. The lowest BCUT2D eigenvalue weighted by molar-refractivity contribution is -0.113. The Kier molecular flexibility index (Phi) is 6.27. The Hall–Kier alpha value is -2.01. The fourth-order valence-electron chi connectivity index (χ4n) is 1.94. The van der Waals surface area contributed by atoms with Crippen molar-refractivity contribution in [3.63, 3.8) is 0 Å². The number of nitrogens with zero attached hydrogens (tertiary/aromatic N) is 1. The van der Waals surface area contributed by atoms with E-state index >= 15 is 0 Å². The summed E-state index contributed by atoms with van der Waals surface area (Å²) in [4.78, 5) is 16.1. The zero-order chi connectivity index (χ0) is 15.8. The van der Waals surface area contributed by atoms with Crippen molar-refractivity contribution in [2.24, 2.45) is 0 Å². The lowest BCUT2D eigenvalue weighted by Crippen LogP contribution is -2.15. The highest BCUT2D eigenvalue weighted by atomic mass is 32.2. The van der Waals surface area contributed by atoms with Crippen LogP contribution in [0.2, 0.25) is 0 Å². The molecule has 1 aromatic heterocycles. The van der Waals surface area contributed by atoms with Gasteiger partial charge in [-0.25, -0.2) is 0 Å². The number of aryl methyl sites for hydroxylation is 1. The van der Waals surface area contributed by atoms with Crippen LogP contribution in [0.3, 0.4) is 0 Å². The third kappa shape index (κ3) is 5.07. The van der Waals surface area contributed by atoms with Crippen LogP contribution >= 0.6 is 11.8 Å². The van der Waals surface area contributed by atoms with Gasteiger partial charge in [0, 0.05) is 18.1 Å². The Bertz CT molecular complexity index is 617. The average molecular weight is 316 g/mol. The number of ether oxygens (including phenoxy) is 1. The molecule has 0 saturated heterocycles. The van der Waals surface area contributed by atoms with Crippen LogP contribution in [0, 0.1) is 6.92 Å². The summed E-state index contributed by atoms with van der Waals surface area (Å²) < 4.78 is 5.56. The average Bonchev–Trinajstić information content (AvgIpc) is 2.51. The molecule has 2 rings (SSSR count). The van der Waals surface area contributed by atoms with Gasteiger partial charge in [-0.15, -0.1) is 11.8 Å². The molecule has 22 heavy (non-hydrogen) atoms. The van der Waals surface area contributed by atoms with E-state index in [-0.39, 0.29) is 5.91 Å². The van der Waals surface area contributed by atoms with Gasteiger partial charge in [-0.05, 0) is 43.2 Å². The highest BCUT2D eigenvalue weighted by molar-refractivity contribution is 7.99. The van der Waals surface area contributed by atoms with Gasteiger partial charge in [0.05, 0.1) is 18.0 Å². The van der Waals surface area contributed by atoms with E-state index < -0.39 is 0 Å². The largest absolute Gasteiger partial charge is 0.492 e. The van der Waals surface area contributed by atoms with Crippen LogP contribution in [0.1, 0.15) is 18.1 Å². The second-order valence-corrected chi connectivity index (χ2v) is 5.82. The van der Waals surface area contributed by atoms with Crippen molar-refractivity contribution in [2.75, 3.05) is 17.7 Å². The highest BCUT2D eigenvalue weighted by Gasteiger charge is 2.08. The molecular formula is C17H20N2O2S. The van der Waals surface area contributed by atoms with Crippen molar-refractivity contribution in [2.45, 2.75) is 19.6 Å². The van der Waals surface area contributed by atoms with Gasteiger partial charge in [0.1, 0.15) is 5.75 Å². The smallest absolute Gasteiger partial charge is 0.234 e. The normalized spacial score (nSPS) is 10.3. The molecule has 0 spiro atoms. The molecule has 1 N–H and O–H groups in total. The van der Waals surface area contributed by atoms with Crippen LogP contribution in [0.5, 0.6) is 5.75 Å². The van der Waals surface area contributed by atoms with E-state index in [9.17, 15) is 4.79 Å². The number of nitrogens with one attached hydrogen (secondary N) is 1. The van der Waals surface area contributed by atoms with Gasteiger partial charge in [0.15, 0.2) is 0 Å². The molecule has 0 aliphatic rings. The second-order valence-electron chi connectivity index (χ2n) is 4.83. The second kappa shape index (κ2) is 8.44. The third-order valence-corrected chi connectivity index (χ3v) is 3.94. The van der Waals surface area contributed by atoms with Crippen LogP contribution in [-0.4, -0.2) is 23.3 Å². The molecule has 1 aromatic carbocycles. The Morgan fingerprint density at radius 1 is 1.36 bits per heavy atom. The van der Waals surface area contributed by atoms with Gasteiger partial charge in [0.2, 0.25) is 5.91 Å². The first-order chi connectivity index (χ1) is 10.7. The van der Waals surface area contributed by atoms with Crippen LogP contribution in [0.25, 0.3) is 0 Å². The maximum Gasteiger partial charge on any atom is 0.234 e. The number of pyridine rings is 1. The van der Waals surface area contributed by atoms with E-state index in [0.717, 1.165) is 22.6 Å². The SMILES string of the molecule is CCOc1cc(C)ccc1NC(=O)CSCc1cccnc1. The lowest BCUT2D eigenvalue weighted by Gasteiger charge is -2.12. The quantitative estimate of drug-likeness (QED) is 0.847. The molecule has 0 unspecified atom stereocenters. The topological polar surface area (TPSA) is 51.2 Å². The predicted octanol–water partition coefficient (Wildman–Crippen LogP) is 3.66. The number of hydrogen-bond donors (Lipinski definition) is 1. The fourth-order valence-corrected chi connectivity index (χ4v) is 2.71. The van der Waals surface area contributed by atoms with E-state index in [0.29, 0.717) is 18.1 Å². The number of benzene rings is 1. The summed E-state index contributed by atoms with van der Waals surface area (Å²) >= 11 is 1.56. The number of carbonyl (C=O) groups is 1. The van der Waals surface area contributed by atoms with E-state index in [1.807, 2.05) is 50.4 Å². The van der Waals surface area contributed by atoms with E-state index in [4.69, 9.17) is 4.74 Å². The molecule has 0 atom stereocenters. The monoisotopic (exact) mass is 316 g/mol. The molecule has 1 heterocycles. The first kappa shape index (κ1) is 16.4. The number of anilines is 1. The zero-order valence-corrected chi connectivity index (χ0v) is 13.7. The molecule has 5 heteroatoms. The standard InChI is InChI=1S/C17H20N2O2S/c1-3-21-16-9-13(2)6-7-15(16)19-17(20)12-22-11-14-5-4-8-18-10-14/h4-10H,3,11-12H2,1-2H3,(H,19,20). The number of aromatic nitrogens is 1. The zero-order valence-electron chi connectivity index (χ0n) is 12.8. The van der Waals surface area contributed by atoms with Crippen LogP contribution in [0.15, 0.2) is 42.7 Å². The maximum absolute atomic E-state index is 12.0. The summed E-state index contributed by atoms with van der Waals surface area (Å²) in [6, 6.07) is 9.68. The molecule has 4 nitrogen and oxygen atoms in total. The van der Waals surface area contributed by atoms with E-state index in [2.05, 4.69) is 10.3 Å². The summed E-state index contributed by atoms with van der Waals surface area (Å²) in [6.07, 6.45) is 3.56. The molecule has 0 aliphatic carbocycles. The highest BCUT2D eigenvalue weighted by Crippen LogP contribution is 2.26. The number of carbonyl (C=O) groups excluding carboxylic acids is 1. The van der Waals surface area contributed by atoms with E-state index in [1.54, 1.807) is 18.0 Å². The minimum absolute atomic E-state index is 0.0290. The fraction of sp³-hybridized carbons (Fsp3) is 0.294. The first-order valence-electron chi connectivity index (χ1n) is 7.19. The van der Waals surface area contributed by atoms with Crippen molar-refractivity contribution in [1.29, 1.82) is 0 Å². The molecule has 0 fully saturated rings. The Labute approximate surface area is 135 Å². The minimum Gasteiger partial charge on any atom is -0.492 e. The summed E-state index contributed by atoms with van der Waals surface area (Å²) in [5, 5.41) is 2.91. The molecule has 0 saturated carbocycles. The summed E-state index contributed by atoms with van der Waals surface area (Å²) in [6.45, 7) is 4.50. The Balaban J connectivity index is 1.86. The van der Waals surface area contributed by atoms with Crippen molar-refractivity contribution in [3.8, 4) is 5.75 Å². The summed E-state index contributed by atoms with van der Waals surface area (Å²) in [5.41, 5.74) is 2.94.